The molecule has 154 valence electrons. The van der Waals surface area contributed by atoms with Gasteiger partial charge in [0.15, 0.2) is 0 Å². The molecular formula is C29H26O2. The normalized spacial score (nSPS) is 11.4. The molecule has 4 aromatic carbocycles. The first-order chi connectivity index (χ1) is 15.2. The molecule has 0 unspecified atom stereocenters. The zero-order valence-electron chi connectivity index (χ0n) is 17.5. The van der Waals surface area contributed by atoms with Crippen LogP contribution in [0.25, 0.3) is 22.4 Å². The minimum atomic E-state index is 0.203. The first-order valence-corrected chi connectivity index (χ1v) is 10.5. The van der Waals surface area contributed by atoms with E-state index < -0.39 is 0 Å². The molecular weight excluding hydrogens is 380 g/mol. The summed E-state index contributed by atoms with van der Waals surface area (Å²) in [6, 6.07) is 33.1. The third kappa shape index (κ3) is 5.64. The Hall–Kier alpha value is -3.78. The molecule has 0 amide bonds. The van der Waals surface area contributed by atoms with Gasteiger partial charge in [0.2, 0.25) is 0 Å². The number of hydrogen-bond donors (Lipinski definition) is 1. The van der Waals surface area contributed by atoms with E-state index in [1.165, 1.54) is 10.8 Å². The molecule has 31 heavy (non-hydrogen) atoms. The zero-order valence-corrected chi connectivity index (χ0v) is 17.5. The van der Waals surface area contributed by atoms with Gasteiger partial charge in [-0.15, -0.1) is 0 Å². The topological polar surface area (TPSA) is 29.5 Å². The second-order valence-electron chi connectivity index (χ2n) is 7.64. The summed E-state index contributed by atoms with van der Waals surface area (Å²) in [5, 5.41) is 12.0. The highest BCUT2D eigenvalue weighted by atomic mass is 16.5. The van der Waals surface area contributed by atoms with Crippen LogP contribution in [0.2, 0.25) is 0 Å². The quantitative estimate of drug-likeness (QED) is 0.239. The molecule has 2 heteroatoms. The van der Waals surface area contributed by atoms with Crippen LogP contribution in [-0.2, 0) is 6.61 Å². The molecule has 1 N–H and O–H groups in total. The molecule has 0 saturated heterocycles. The number of hydrogen-bond acceptors (Lipinski definition) is 2. The summed E-state index contributed by atoms with van der Waals surface area (Å²) in [6.45, 7) is 4.14. The largest absolute Gasteiger partial charge is 0.513 e. The van der Waals surface area contributed by atoms with E-state index in [1.54, 1.807) is 0 Å². The number of rotatable bonds is 8. The smallest absolute Gasteiger partial charge is 0.120 e. The Morgan fingerprint density at radius 1 is 0.774 bits per heavy atom. The Labute approximate surface area is 183 Å². The fourth-order valence-corrected chi connectivity index (χ4v) is 3.62. The summed E-state index contributed by atoms with van der Waals surface area (Å²) in [4.78, 5) is 0. The average molecular weight is 407 g/mol. The Morgan fingerprint density at radius 2 is 1.55 bits per heavy atom. The maximum absolute atomic E-state index is 9.56. The number of ether oxygens (including phenoxy) is 1. The zero-order chi connectivity index (χ0) is 21.5. The third-order valence-corrected chi connectivity index (χ3v) is 5.25. The molecule has 0 aliphatic heterocycles. The summed E-state index contributed by atoms with van der Waals surface area (Å²) in [5.74, 6) is 1.04. The van der Waals surface area contributed by atoms with E-state index in [-0.39, 0.29) is 5.76 Å². The van der Waals surface area contributed by atoms with E-state index in [0.717, 1.165) is 34.4 Å². The van der Waals surface area contributed by atoms with Gasteiger partial charge in [-0.3, -0.25) is 0 Å². The molecule has 0 fully saturated rings. The van der Waals surface area contributed by atoms with Gasteiger partial charge in [-0.05, 0) is 57.7 Å². The van der Waals surface area contributed by atoms with Crippen LogP contribution in [0.3, 0.4) is 0 Å². The van der Waals surface area contributed by atoms with Gasteiger partial charge in [-0.1, -0.05) is 91.5 Å². The first kappa shape index (κ1) is 20.5. The summed E-state index contributed by atoms with van der Waals surface area (Å²) in [5.41, 5.74) is 4.51. The standard InChI is InChI=1S/C29H26O2/c1-22(30)14-16-28(25-9-3-2-4-10-25)18-23-8-7-13-29(20-23)31-21-24-15-17-26-11-5-6-12-27(26)19-24/h2-13,15,17-20,30H,1,14,16,21H2/b28-18+. The Kier molecular flexibility index (Phi) is 6.49. The fourth-order valence-electron chi connectivity index (χ4n) is 3.62. The summed E-state index contributed by atoms with van der Waals surface area (Å²) in [7, 11) is 0. The van der Waals surface area contributed by atoms with Crippen LogP contribution in [0.15, 0.2) is 109 Å². The molecule has 0 heterocycles. The molecule has 0 radical (unpaired) electrons. The van der Waals surface area contributed by atoms with Crippen LogP contribution < -0.4 is 4.74 Å². The number of allylic oxidation sites excluding steroid dienone is 2. The van der Waals surface area contributed by atoms with E-state index in [1.807, 2.05) is 30.3 Å². The molecule has 4 rings (SSSR count). The van der Waals surface area contributed by atoms with Crippen molar-refractivity contribution in [3.63, 3.8) is 0 Å². The highest BCUT2D eigenvalue weighted by Crippen LogP contribution is 2.26. The maximum Gasteiger partial charge on any atom is 0.120 e. The van der Waals surface area contributed by atoms with Crippen LogP contribution in [0.1, 0.15) is 29.5 Å². The second kappa shape index (κ2) is 9.82. The van der Waals surface area contributed by atoms with E-state index in [9.17, 15) is 5.11 Å². The van der Waals surface area contributed by atoms with Gasteiger partial charge < -0.3 is 9.84 Å². The van der Waals surface area contributed by atoms with Gasteiger partial charge in [-0.25, -0.2) is 0 Å². The average Bonchev–Trinajstić information content (AvgIpc) is 2.81. The van der Waals surface area contributed by atoms with E-state index >= 15 is 0 Å². The minimum Gasteiger partial charge on any atom is -0.513 e. The molecule has 0 spiro atoms. The fraction of sp³-hybridized carbons (Fsp3) is 0.103. The lowest BCUT2D eigenvalue weighted by molar-refractivity contribution is 0.306. The van der Waals surface area contributed by atoms with Crippen LogP contribution >= 0.6 is 0 Å². The van der Waals surface area contributed by atoms with Crippen molar-refractivity contribution in [3.8, 4) is 5.75 Å². The molecule has 4 aromatic rings. The highest BCUT2D eigenvalue weighted by Gasteiger charge is 2.05. The van der Waals surface area contributed by atoms with Crippen molar-refractivity contribution in [3.05, 3.63) is 126 Å². The van der Waals surface area contributed by atoms with Crippen molar-refractivity contribution in [2.45, 2.75) is 19.4 Å². The molecule has 0 saturated carbocycles. The van der Waals surface area contributed by atoms with Crippen LogP contribution in [-0.4, -0.2) is 5.11 Å². The van der Waals surface area contributed by atoms with Gasteiger partial charge in [-0.2, -0.15) is 0 Å². The lowest BCUT2D eigenvalue weighted by atomic mass is 9.98. The number of fused-ring (bicyclic) bond motifs is 1. The molecule has 0 aliphatic carbocycles. The second-order valence-corrected chi connectivity index (χ2v) is 7.64. The van der Waals surface area contributed by atoms with E-state index in [0.29, 0.717) is 13.0 Å². The van der Waals surface area contributed by atoms with E-state index in [2.05, 4.69) is 79.4 Å². The number of benzene rings is 4. The minimum absolute atomic E-state index is 0.203. The van der Waals surface area contributed by atoms with Gasteiger partial charge in [0.1, 0.15) is 12.4 Å². The van der Waals surface area contributed by atoms with Crippen molar-refractivity contribution >= 4 is 22.4 Å². The Balaban J connectivity index is 1.52. The Bertz CT molecular complexity index is 1210. The molecule has 0 aliphatic rings. The van der Waals surface area contributed by atoms with Crippen LogP contribution in [0.4, 0.5) is 0 Å². The molecule has 0 aromatic heterocycles. The lowest BCUT2D eigenvalue weighted by Crippen LogP contribution is -1.95. The summed E-state index contributed by atoms with van der Waals surface area (Å²) >= 11 is 0. The predicted octanol–water partition coefficient (Wildman–Crippen LogP) is 7.81. The van der Waals surface area contributed by atoms with Crippen molar-refractivity contribution in [1.29, 1.82) is 0 Å². The number of aliphatic hydroxyl groups is 1. The summed E-state index contributed by atoms with van der Waals surface area (Å²) < 4.78 is 6.08. The Morgan fingerprint density at radius 3 is 2.35 bits per heavy atom. The predicted molar refractivity (Wildman–Crippen MR) is 130 cm³/mol. The van der Waals surface area contributed by atoms with Crippen molar-refractivity contribution in [1.82, 2.24) is 0 Å². The maximum atomic E-state index is 9.56. The van der Waals surface area contributed by atoms with Gasteiger partial charge in [0, 0.05) is 6.42 Å². The third-order valence-electron chi connectivity index (χ3n) is 5.25. The monoisotopic (exact) mass is 406 g/mol. The first-order valence-electron chi connectivity index (χ1n) is 10.5. The van der Waals surface area contributed by atoms with Gasteiger partial charge >= 0.3 is 0 Å². The summed E-state index contributed by atoms with van der Waals surface area (Å²) in [6.07, 6.45) is 3.42. The molecule has 0 bridgehead atoms. The molecule has 0 atom stereocenters. The van der Waals surface area contributed by atoms with Gasteiger partial charge in [0.05, 0.1) is 5.76 Å². The van der Waals surface area contributed by atoms with Crippen molar-refractivity contribution < 1.29 is 9.84 Å². The SMILES string of the molecule is C=C(O)CC/C(=C\c1cccc(OCc2ccc3ccccc3c2)c1)c1ccccc1. The van der Waals surface area contributed by atoms with Crippen LogP contribution in [0.5, 0.6) is 5.75 Å². The van der Waals surface area contributed by atoms with Gasteiger partial charge in [0.25, 0.3) is 0 Å². The number of aliphatic hydroxyl groups excluding tert-OH is 1. The highest BCUT2D eigenvalue weighted by molar-refractivity contribution is 5.83. The van der Waals surface area contributed by atoms with Crippen molar-refractivity contribution in [2.75, 3.05) is 0 Å². The van der Waals surface area contributed by atoms with E-state index in [4.69, 9.17) is 4.74 Å². The molecule has 2 nitrogen and oxygen atoms in total. The lowest BCUT2D eigenvalue weighted by Gasteiger charge is -2.10. The van der Waals surface area contributed by atoms with Crippen molar-refractivity contribution in [2.24, 2.45) is 0 Å². The van der Waals surface area contributed by atoms with Crippen LogP contribution in [0, 0.1) is 0 Å².